The van der Waals surface area contributed by atoms with Crippen molar-refractivity contribution in [1.82, 2.24) is 5.01 Å². The van der Waals surface area contributed by atoms with E-state index in [9.17, 15) is 14.9 Å². The summed E-state index contributed by atoms with van der Waals surface area (Å²) in [6, 6.07) is 3.49. The van der Waals surface area contributed by atoms with Gasteiger partial charge in [-0.3, -0.25) is 14.9 Å². The molecule has 0 bridgehead atoms. The first kappa shape index (κ1) is 15.6. The summed E-state index contributed by atoms with van der Waals surface area (Å²) in [5.74, 6) is -0.504. The molecule has 114 valence electrons. The molecule has 1 aromatic rings. The monoisotopic (exact) mass is 320 g/mol. The van der Waals surface area contributed by atoms with Crippen LogP contribution in [0.5, 0.6) is 0 Å². The Hall–Kier alpha value is -2.75. The lowest BCUT2D eigenvalue weighted by molar-refractivity contribution is -0.385. The summed E-state index contributed by atoms with van der Waals surface area (Å²) in [6.07, 6.45) is 0. The van der Waals surface area contributed by atoms with E-state index >= 15 is 0 Å². The normalized spacial score (nSPS) is 17.9. The molecule has 0 spiro atoms. The van der Waals surface area contributed by atoms with Crippen molar-refractivity contribution in [3.63, 3.8) is 0 Å². The molecule has 0 aliphatic carbocycles. The molecule has 1 aromatic carbocycles. The van der Waals surface area contributed by atoms with Gasteiger partial charge in [0, 0.05) is 11.6 Å². The second-order valence-corrected chi connectivity index (χ2v) is 4.99. The van der Waals surface area contributed by atoms with E-state index < -0.39 is 16.9 Å². The standard InChI is InChI=1S/C12H12N6O3S/c1-6-3-4-8(5-9(6)18(20)21)14-15-10-7(2)16-17(11(10)19)12(13)22/h3-5,10H,1-2H3,(H2,13,22)/t10-/m1/s1. The molecule has 22 heavy (non-hydrogen) atoms. The summed E-state index contributed by atoms with van der Waals surface area (Å²) in [5, 5.41) is 23.2. The Balaban J connectivity index is 2.25. The topological polar surface area (TPSA) is 127 Å². The Labute approximate surface area is 130 Å². The molecule has 9 nitrogen and oxygen atoms in total. The Bertz CT molecular complexity index is 730. The SMILES string of the molecule is CC1=NN(C(N)=S)C(=O)[C@@H]1N=Nc1ccc(C)c([N+](=O)[O-])c1. The number of thiocarbonyl (C=S) groups is 1. The first-order valence-corrected chi connectivity index (χ1v) is 6.56. The van der Waals surface area contributed by atoms with E-state index in [2.05, 4.69) is 15.3 Å². The van der Waals surface area contributed by atoms with Gasteiger partial charge < -0.3 is 5.73 Å². The van der Waals surface area contributed by atoms with Gasteiger partial charge in [0.15, 0.2) is 11.2 Å². The highest BCUT2D eigenvalue weighted by atomic mass is 32.1. The van der Waals surface area contributed by atoms with Crippen molar-refractivity contribution in [3.05, 3.63) is 33.9 Å². The van der Waals surface area contributed by atoms with Gasteiger partial charge in [0.1, 0.15) is 0 Å². The summed E-state index contributed by atoms with van der Waals surface area (Å²) < 4.78 is 0. The summed E-state index contributed by atoms with van der Waals surface area (Å²) in [4.78, 5) is 22.4. The van der Waals surface area contributed by atoms with Crippen LogP contribution >= 0.6 is 12.2 Å². The molecule has 1 aliphatic rings. The van der Waals surface area contributed by atoms with Crippen LogP contribution in [0.15, 0.2) is 33.5 Å². The van der Waals surface area contributed by atoms with Crippen LogP contribution in [-0.2, 0) is 4.79 Å². The van der Waals surface area contributed by atoms with Gasteiger partial charge in [-0.05, 0) is 32.1 Å². The van der Waals surface area contributed by atoms with Crippen molar-refractivity contribution in [3.8, 4) is 0 Å². The van der Waals surface area contributed by atoms with Crippen LogP contribution < -0.4 is 5.73 Å². The van der Waals surface area contributed by atoms with Crippen LogP contribution in [0.4, 0.5) is 11.4 Å². The van der Waals surface area contributed by atoms with E-state index in [0.717, 1.165) is 5.01 Å². The number of benzene rings is 1. The van der Waals surface area contributed by atoms with Gasteiger partial charge in [-0.25, -0.2) is 0 Å². The van der Waals surface area contributed by atoms with E-state index in [1.807, 2.05) is 0 Å². The zero-order chi connectivity index (χ0) is 16.4. The number of aryl methyl sites for hydroxylation is 1. The number of hydrogen-bond acceptors (Lipinski definition) is 7. The molecule has 10 heteroatoms. The molecule has 0 unspecified atom stereocenters. The van der Waals surface area contributed by atoms with Crippen molar-refractivity contribution >= 4 is 40.3 Å². The number of rotatable bonds is 3. The Morgan fingerprint density at radius 2 is 2.18 bits per heavy atom. The smallest absolute Gasteiger partial charge is 0.282 e. The zero-order valence-corrected chi connectivity index (χ0v) is 12.6. The number of carbonyl (C=O) groups is 1. The maximum absolute atomic E-state index is 12.0. The van der Waals surface area contributed by atoms with Crippen LogP contribution in [0.1, 0.15) is 12.5 Å². The highest BCUT2D eigenvalue weighted by molar-refractivity contribution is 7.80. The predicted octanol–water partition coefficient (Wildman–Crippen LogP) is 1.82. The molecular weight excluding hydrogens is 308 g/mol. The lowest BCUT2D eigenvalue weighted by Gasteiger charge is -2.08. The summed E-state index contributed by atoms with van der Waals surface area (Å²) >= 11 is 4.70. The van der Waals surface area contributed by atoms with Crippen LogP contribution in [0, 0.1) is 17.0 Å². The Kier molecular flexibility index (Phi) is 4.22. The third-order valence-corrected chi connectivity index (χ3v) is 3.16. The number of azo groups is 1. The number of hydrazone groups is 1. The summed E-state index contributed by atoms with van der Waals surface area (Å²) in [5.41, 5.74) is 6.48. The number of amides is 1. The van der Waals surface area contributed by atoms with Crippen molar-refractivity contribution < 1.29 is 9.72 Å². The van der Waals surface area contributed by atoms with E-state index in [1.165, 1.54) is 6.07 Å². The van der Waals surface area contributed by atoms with Gasteiger partial charge in [0.25, 0.3) is 11.6 Å². The first-order chi connectivity index (χ1) is 10.3. The molecule has 0 saturated carbocycles. The maximum Gasteiger partial charge on any atom is 0.282 e. The van der Waals surface area contributed by atoms with Gasteiger partial charge >= 0.3 is 0 Å². The fourth-order valence-corrected chi connectivity index (χ4v) is 1.96. The van der Waals surface area contributed by atoms with Crippen LogP contribution in [0.25, 0.3) is 0 Å². The fourth-order valence-electron chi connectivity index (χ4n) is 1.83. The predicted molar refractivity (Wildman–Crippen MR) is 82.9 cm³/mol. The quantitative estimate of drug-likeness (QED) is 0.393. The molecule has 1 aliphatic heterocycles. The largest absolute Gasteiger partial charge is 0.374 e. The maximum atomic E-state index is 12.0. The average molecular weight is 320 g/mol. The van der Waals surface area contributed by atoms with Crippen molar-refractivity contribution in [2.45, 2.75) is 19.9 Å². The minimum Gasteiger partial charge on any atom is -0.374 e. The number of nitro groups is 1. The van der Waals surface area contributed by atoms with Crippen LogP contribution in [0.2, 0.25) is 0 Å². The number of carbonyl (C=O) groups excluding carboxylic acids is 1. The highest BCUT2D eigenvalue weighted by Crippen LogP contribution is 2.25. The molecule has 2 N–H and O–H groups in total. The molecule has 1 heterocycles. The minimum atomic E-state index is -0.929. The second kappa shape index (κ2) is 5.93. The van der Waals surface area contributed by atoms with E-state index in [1.54, 1.807) is 26.0 Å². The van der Waals surface area contributed by atoms with Crippen molar-refractivity contribution in [1.29, 1.82) is 0 Å². The number of nitrogens with zero attached hydrogens (tertiary/aromatic N) is 5. The van der Waals surface area contributed by atoms with Gasteiger partial charge in [-0.1, -0.05) is 6.07 Å². The minimum absolute atomic E-state index is 0.0654. The van der Waals surface area contributed by atoms with Gasteiger partial charge in [-0.15, -0.1) is 0 Å². The third kappa shape index (κ3) is 2.96. The summed E-state index contributed by atoms with van der Waals surface area (Å²) in [7, 11) is 0. The molecule has 0 radical (unpaired) electrons. The van der Waals surface area contributed by atoms with Crippen LogP contribution in [0.3, 0.4) is 0 Å². The zero-order valence-electron chi connectivity index (χ0n) is 11.8. The third-order valence-electron chi connectivity index (χ3n) is 2.98. The molecule has 2 rings (SSSR count). The molecule has 0 fully saturated rings. The Morgan fingerprint density at radius 1 is 1.50 bits per heavy atom. The van der Waals surface area contributed by atoms with Crippen molar-refractivity contribution in [2.24, 2.45) is 21.1 Å². The summed E-state index contributed by atoms with van der Waals surface area (Å²) in [6.45, 7) is 3.22. The van der Waals surface area contributed by atoms with Crippen molar-refractivity contribution in [2.75, 3.05) is 0 Å². The average Bonchev–Trinajstić information content (AvgIpc) is 2.73. The fraction of sp³-hybridized carbons (Fsp3) is 0.250. The molecular formula is C12H12N6O3S. The van der Waals surface area contributed by atoms with Crippen LogP contribution in [-0.4, -0.2) is 32.7 Å². The number of hydrogen-bond donors (Lipinski definition) is 1. The molecule has 1 amide bonds. The highest BCUT2D eigenvalue weighted by Gasteiger charge is 2.35. The van der Waals surface area contributed by atoms with E-state index in [4.69, 9.17) is 18.0 Å². The molecule has 0 saturated heterocycles. The molecule has 0 aromatic heterocycles. The first-order valence-electron chi connectivity index (χ1n) is 6.15. The van der Waals surface area contributed by atoms with E-state index in [-0.39, 0.29) is 16.5 Å². The molecule has 1 atom stereocenters. The number of nitrogens with two attached hydrogens (primary N) is 1. The lowest BCUT2D eigenvalue weighted by atomic mass is 10.2. The van der Waals surface area contributed by atoms with Gasteiger partial charge in [0.2, 0.25) is 0 Å². The Morgan fingerprint density at radius 3 is 2.73 bits per heavy atom. The van der Waals surface area contributed by atoms with Gasteiger partial charge in [0.05, 0.1) is 16.3 Å². The number of nitro benzene ring substituents is 1. The van der Waals surface area contributed by atoms with Gasteiger partial charge in [-0.2, -0.15) is 20.3 Å². The second-order valence-electron chi connectivity index (χ2n) is 4.58. The van der Waals surface area contributed by atoms with E-state index in [0.29, 0.717) is 11.3 Å². The lowest BCUT2D eigenvalue weighted by Crippen LogP contribution is -2.37.